The lowest BCUT2D eigenvalue weighted by Crippen LogP contribution is -2.32. The molecule has 3 aliphatic rings. The van der Waals surface area contributed by atoms with Gasteiger partial charge in [0.15, 0.2) is 11.5 Å². The summed E-state index contributed by atoms with van der Waals surface area (Å²) < 4.78 is 16.6. The molecule has 0 spiro atoms. The maximum Gasteiger partial charge on any atom is 0.371 e. The molecule has 1 aromatic rings. The number of imide groups is 1. The van der Waals surface area contributed by atoms with Gasteiger partial charge in [0.2, 0.25) is 0 Å². The van der Waals surface area contributed by atoms with Crippen molar-refractivity contribution in [2.75, 3.05) is 21.3 Å². The van der Waals surface area contributed by atoms with Crippen LogP contribution in [0.2, 0.25) is 0 Å². The van der Waals surface area contributed by atoms with Gasteiger partial charge in [-0.1, -0.05) is 12.2 Å². The largest absolute Gasteiger partial charge is 0.495 e. The highest BCUT2D eigenvalue weighted by molar-refractivity contribution is 6.04. The Hall–Kier alpha value is -3.03. The number of methoxy groups -OCH3 is 3. The fourth-order valence-corrected chi connectivity index (χ4v) is 4.16. The smallest absolute Gasteiger partial charge is 0.371 e. The predicted molar refractivity (Wildman–Crippen MR) is 91.8 cm³/mol. The molecule has 2 bridgehead atoms. The number of benzene rings is 1. The first-order valence-corrected chi connectivity index (χ1v) is 8.63. The van der Waals surface area contributed by atoms with E-state index < -0.39 is 17.8 Å². The molecule has 1 aliphatic heterocycles. The SMILES string of the molecule is COc1c(OC)c2c(c(OC)c1C(=O)ON1C(=O)CCC1=O)C1C=CC2C1. The van der Waals surface area contributed by atoms with Crippen LogP contribution in [-0.2, 0) is 14.4 Å². The molecule has 0 radical (unpaired) electrons. The molecule has 1 aromatic carbocycles. The number of ether oxygens (including phenoxy) is 3. The van der Waals surface area contributed by atoms with Crippen molar-refractivity contribution in [3.05, 3.63) is 28.8 Å². The zero-order chi connectivity index (χ0) is 19.3. The number of carbonyl (C=O) groups excluding carboxylic acids is 3. The quantitative estimate of drug-likeness (QED) is 0.576. The van der Waals surface area contributed by atoms with E-state index in [1.165, 1.54) is 21.3 Å². The van der Waals surface area contributed by atoms with Gasteiger partial charge in [-0.05, 0) is 6.42 Å². The fourth-order valence-electron chi connectivity index (χ4n) is 4.16. The number of hydroxylamine groups is 2. The van der Waals surface area contributed by atoms with Gasteiger partial charge in [0, 0.05) is 35.8 Å². The van der Waals surface area contributed by atoms with Crippen molar-refractivity contribution < 1.29 is 33.4 Å². The van der Waals surface area contributed by atoms with Crippen LogP contribution in [0, 0.1) is 0 Å². The molecule has 0 aromatic heterocycles. The van der Waals surface area contributed by atoms with Gasteiger partial charge < -0.3 is 19.0 Å². The monoisotopic (exact) mass is 373 g/mol. The third-order valence-corrected chi connectivity index (χ3v) is 5.26. The summed E-state index contributed by atoms with van der Waals surface area (Å²) in [7, 11) is 4.37. The first-order chi connectivity index (χ1) is 13.0. The average Bonchev–Trinajstić information content (AvgIpc) is 3.37. The predicted octanol–water partition coefficient (Wildman–Crippen LogP) is 2.07. The molecule has 2 atom stereocenters. The molecule has 27 heavy (non-hydrogen) atoms. The minimum absolute atomic E-state index is 0.00375. The van der Waals surface area contributed by atoms with E-state index in [9.17, 15) is 14.4 Å². The Kier molecular flexibility index (Phi) is 4.05. The van der Waals surface area contributed by atoms with Gasteiger partial charge in [-0.15, -0.1) is 5.06 Å². The van der Waals surface area contributed by atoms with Crippen LogP contribution in [0.3, 0.4) is 0 Å². The van der Waals surface area contributed by atoms with Gasteiger partial charge in [0.05, 0.1) is 21.3 Å². The second kappa shape index (κ2) is 6.29. The number of nitrogens with zero attached hydrogens (tertiary/aromatic N) is 1. The second-order valence-corrected chi connectivity index (χ2v) is 6.60. The highest BCUT2D eigenvalue weighted by Crippen LogP contribution is 2.59. The molecule has 4 rings (SSSR count). The van der Waals surface area contributed by atoms with Crippen molar-refractivity contribution in [1.82, 2.24) is 5.06 Å². The van der Waals surface area contributed by atoms with E-state index in [2.05, 4.69) is 12.2 Å². The van der Waals surface area contributed by atoms with Crippen LogP contribution in [0.1, 0.15) is 52.6 Å². The second-order valence-electron chi connectivity index (χ2n) is 6.60. The Labute approximate surface area is 155 Å². The van der Waals surface area contributed by atoms with Gasteiger partial charge in [-0.3, -0.25) is 9.59 Å². The lowest BCUT2D eigenvalue weighted by atomic mass is 9.91. The van der Waals surface area contributed by atoms with Crippen LogP contribution in [0.4, 0.5) is 0 Å². The molecule has 2 unspecified atom stereocenters. The van der Waals surface area contributed by atoms with Crippen LogP contribution in [0.25, 0.3) is 0 Å². The van der Waals surface area contributed by atoms with E-state index >= 15 is 0 Å². The Morgan fingerprint density at radius 3 is 1.93 bits per heavy atom. The first kappa shape index (κ1) is 17.4. The molecule has 8 nitrogen and oxygen atoms in total. The maximum atomic E-state index is 12.9. The van der Waals surface area contributed by atoms with Crippen LogP contribution >= 0.6 is 0 Å². The number of hydrogen-bond acceptors (Lipinski definition) is 7. The summed E-state index contributed by atoms with van der Waals surface area (Å²) in [6.07, 6.45) is 5.08. The van der Waals surface area contributed by atoms with Gasteiger partial charge in [0.25, 0.3) is 11.8 Å². The summed E-state index contributed by atoms with van der Waals surface area (Å²) in [5.41, 5.74) is 1.79. The summed E-state index contributed by atoms with van der Waals surface area (Å²) in [5, 5.41) is 0.507. The lowest BCUT2D eigenvalue weighted by molar-refractivity contribution is -0.172. The van der Waals surface area contributed by atoms with Crippen LogP contribution in [0.15, 0.2) is 12.2 Å². The van der Waals surface area contributed by atoms with E-state index in [-0.39, 0.29) is 36.0 Å². The van der Waals surface area contributed by atoms with E-state index in [0.717, 1.165) is 17.5 Å². The molecule has 8 heteroatoms. The lowest BCUT2D eigenvalue weighted by Gasteiger charge is -2.24. The molecule has 2 amide bonds. The maximum absolute atomic E-state index is 12.9. The van der Waals surface area contributed by atoms with Crippen molar-refractivity contribution in [2.24, 2.45) is 0 Å². The number of hydrogen-bond donors (Lipinski definition) is 0. The van der Waals surface area contributed by atoms with Crippen LogP contribution < -0.4 is 14.2 Å². The summed E-state index contributed by atoms with van der Waals surface area (Å²) in [6, 6.07) is 0. The summed E-state index contributed by atoms with van der Waals surface area (Å²) in [6.45, 7) is 0. The number of carbonyl (C=O) groups is 3. The minimum atomic E-state index is -0.903. The third-order valence-electron chi connectivity index (χ3n) is 5.26. The Morgan fingerprint density at radius 1 is 0.889 bits per heavy atom. The van der Waals surface area contributed by atoms with Crippen molar-refractivity contribution in [3.63, 3.8) is 0 Å². The molecule has 1 saturated heterocycles. The average molecular weight is 373 g/mol. The zero-order valence-corrected chi connectivity index (χ0v) is 15.2. The zero-order valence-electron chi connectivity index (χ0n) is 15.2. The van der Waals surface area contributed by atoms with Crippen molar-refractivity contribution in [3.8, 4) is 17.2 Å². The number of rotatable bonds is 5. The van der Waals surface area contributed by atoms with E-state index in [1.54, 1.807) is 0 Å². The minimum Gasteiger partial charge on any atom is -0.495 e. The number of allylic oxidation sites excluding steroid dienone is 2. The highest BCUT2D eigenvalue weighted by atomic mass is 16.7. The number of amides is 2. The summed E-state index contributed by atoms with van der Waals surface area (Å²) >= 11 is 0. The molecule has 0 saturated carbocycles. The van der Waals surface area contributed by atoms with Gasteiger partial charge in [-0.25, -0.2) is 4.79 Å². The van der Waals surface area contributed by atoms with Crippen LogP contribution in [-0.4, -0.2) is 44.2 Å². The van der Waals surface area contributed by atoms with Crippen molar-refractivity contribution in [1.29, 1.82) is 0 Å². The van der Waals surface area contributed by atoms with Crippen molar-refractivity contribution in [2.45, 2.75) is 31.1 Å². The van der Waals surface area contributed by atoms with E-state index in [1.807, 2.05) is 0 Å². The van der Waals surface area contributed by atoms with Crippen molar-refractivity contribution >= 4 is 17.8 Å². The molecule has 1 fully saturated rings. The van der Waals surface area contributed by atoms with Gasteiger partial charge in [0.1, 0.15) is 11.3 Å². The summed E-state index contributed by atoms with van der Waals surface area (Å²) in [5.74, 6) is -0.822. The van der Waals surface area contributed by atoms with Gasteiger partial charge in [-0.2, -0.15) is 0 Å². The van der Waals surface area contributed by atoms with E-state index in [4.69, 9.17) is 19.0 Å². The molecule has 142 valence electrons. The Bertz CT molecular complexity index is 873. The Balaban J connectivity index is 1.85. The standard InChI is InChI=1S/C19H19NO7/c1-24-16-13-9-4-5-10(8-9)14(13)17(25-2)18(26-3)15(16)19(23)27-20-11(21)6-7-12(20)22/h4-5,9-10H,6-8H2,1-3H3. The topological polar surface area (TPSA) is 91.4 Å². The summed E-state index contributed by atoms with van der Waals surface area (Å²) in [4.78, 5) is 41.6. The third kappa shape index (κ3) is 2.39. The van der Waals surface area contributed by atoms with Gasteiger partial charge >= 0.3 is 5.97 Å². The van der Waals surface area contributed by atoms with Crippen LogP contribution in [0.5, 0.6) is 17.2 Å². The first-order valence-electron chi connectivity index (χ1n) is 8.63. The molecular weight excluding hydrogens is 354 g/mol. The fraction of sp³-hybridized carbons (Fsp3) is 0.421. The Morgan fingerprint density at radius 2 is 1.41 bits per heavy atom. The van der Waals surface area contributed by atoms with E-state index in [0.29, 0.717) is 16.6 Å². The molecule has 0 N–H and O–H groups in total. The normalized spacial score (nSPS) is 22.3. The molecular formula is C19H19NO7. The highest BCUT2D eigenvalue weighted by Gasteiger charge is 2.44. The number of fused-ring (bicyclic) bond motifs is 5. The molecule has 1 heterocycles. The molecule has 2 aliphatic carbocycles.